The van der Waals surface area contributed by atoms with E-state index in [1.165, 1.54) is 0 Å². The topological polar surface area (TPSA) is 40.5 Å². The summed E-state index contributed by atoms with van der Waals surface area (Å²) in [5, 5.41) is 16.2. The monoisotopic (exact) mass is 132 g/mol. The second-order valence-corrected chi connectivity index (χ2v) is 1.68. The molecule has 2 N–H and O–H groups in total. The Morgan fingerprint density at radius 3 is 1.89 bits per heavy atom. The third kappa shape index (κ3) is 34.7. The van der Waals surface area contributed by atoms with Crippen LogP contribution in [0.3, 0.4) is 0 Å². The summed E-state index contributed by atoms with van der Waals surface area (Å²) in [4.78, 5) is 0. The van der Waals surface area contributed by atoms with Gasteiger partial charge in [0.15, 0.2) is 6.29 Å². The van der Waals surface area contributed by atoms with Crippen LogP contribution in [-0.4, -0.2) is 16.5 Å². The number of aliphatic hydroxyl groups excluding tert-OH is 1. The SMILES string of the molecule is C=CC.CCCC(O)O. The smallest absolute Gasteiger partial charge is 0.151 e. The summed E-state index contributed by atoms with van der Waals surface area (Å²) in [5.41, 5.74) is 0. The van der Waals surface area contributed by atoms with E-state index in [0.29, 0.717) is 6.42 Å². The number of allylic oxidation sites excluding steroid dienone is 1. The molecule has 0 rings (SSSR count). The van der Waals surface area contributed by atoms with Crippen molar-refractivity contribution in [3.63, 3.8) is 0 Å². The van der Waals surface area contributed by atoms with Crippen molar-refractivity contribution in [2.45, 2.75) is 33.0 Å². The quantitative estimate of drug-likeness (QED) is 0.439. The summed E-state index contributed by atoms with van der Waals surface area (Å²) in [5.74, 6) is 0. The van der Waals surface area contributed by atoms with Gasteiger partial charge in [-0.2, -0.15) is 0 Å². The third-order valence-electron chi connectivity index (χ3n) is 0.547. The Morgan fingerprint density at radius 2 is 1.89 bits per heavy atom. The molecule has 0 aromatic carbocycles. The maximum absolute atomic E-state index is 8.11. The van der Waals surface area contributed by atoms with Crippen LogP contribution in [0, 0.1) is 0 Å². The van der Waals surface area contributed by atoms with Crippen LogP contribution in [0.2, 0.25) is 0 Å². The van der Waals surface area contributed by atoms with Gasteiger partial charge in [0.2, 0.25) is 0 Å². The molecule has 0 bridgehead atoms. The molecular weight excluding hydrogens is 116 g/mol. The van der Waals surface area contributed by atoms with Crippen LogP contribution in [0.4, 0.5) is 0 Å². The van der Waals surface area contributed by atoms with Gasteiger partial charge in [0.05, 0.1) is 0 Å². The molecular formula is C7H16O2. The van der Waals surface area contributed by atoms with Gasteiger partial charge in [-0.05, 0) is 13.3 Å². The number of aliphatic hydroxyl groups is 2. The average Bonchev–Trinajstić information content (AvgIpc) is 1.67. The van der Waals surface area contributed by atoms with Crippen LogP contribution in [-0.2, 0) is 0 Å². The number of hydrogen-bond donors (Lipinski definition) is 2. The van der Waals surface area contributed by atoms with Crippen molar-refractivity contribution in [3.8, 4) is 0 Å². The third-order valence-corrected chi connectivity index (χ3v) is 0.547. The molecule has 2 heteroatoms. The van der Waals surface area contributed by atoms with Gasteiger partial charge in [-0.25, -0.2) is 0 Å². The molecule has 2 nitrogen and oxygen atoms in total. The van der Waals surface area contributed by atoms with Gasteiger partial charge in [-0.3, -0.25) is 0 Å². The van der Waals surface area contributed by atoms with Crippen LogP contribution >= 0.6 is 0 Å². The van der Waals surface area contributed by atoms with Gasteiger partial charge in [0, 0.05) is 0 Å². The van der Waals surface area contributed by atoms with Gasteiger partial charge < -0.3 is 10.2 Å². The van der Waals surface area contributed by atoms with Crippen molar-refractivity contribution in [2.75, 3.05) is 0 Å². The van der Waals surface area contributed by atoms with Crippen LogP contribution < -0.4 is 0 Å². The minimum atomic E-state index is -1.10. The molecule has 0 aromatic rings. The molecule has 0 saturated carbocycles. The van der Waals surface area contributed by atoms with Gasteiger partial charge in [-0.15, -0.1) is 6.58 Å². The fourth-order valence-corrected chi connectivity index (χ4v) is 0.258. The van der Waals surface area contributed by atoms with Crippen molar-refractivity contribution >= 4 is 0 Å². The molecule has 0 fully saturated rings. The maximum Gasteiger partial charge on any atom is 0.151 e. The van der Waals surface area contributed by atoms with Crippen LogP contribution in [0.15, 0.2) is 12.7 Å². The van der Waals surface area contributed by atoms with Crippen molar-refractivity contribution in [1.82, 2.24) is 0 Å². The van der Waals surface area contributed by atoms with E-state index in [1.807, 2.05) is 13.8 Å². The number of hydrogen-bond acceptors (Lipinski definition) is 2. The van der Waals surface area contributed by atoms with Crippen LogP contribution in [0.5, 0.6) is 0 Å². The molecule has 9 heavy (non-hydrogen) atoms. The Hall–Kier alpha value is -0.340. The summed E-state index contributed by atoms with van der Waals surface area (Å²) in [7, 11) is 0. The predicted molar refractivity (Wildman–Crippen MR) is 39.0 cm³/mol. The Bertz CT molecular complexity index is 50.9. The molecule has 0 atom stereocenters. The highest BCUT2D eigenvalue weighted by molar-refractivity contribution is 4.51. The molecule has 0 aliphatic carbocycles. The standard InChI is InChI=1S/C4H10O2.C3H6/c1-2-3-4(5)6;1-3-2/h4-6H,2-3H2,1H3;3H,1H2,2H3. The van der Waals surface area contributed by atoms with Crippen LogP contribution in [0.25, 0.3) is 0 Å². The fraction of sp³-hybridized carbons (Fsp3) is 0.714. The molecule has 0 heterocycles. The van der Waals surface area contributed by atoms with E-state index >= 15 is 0 Å². The van der Waals surface area contributed by atoms with Crippen LogP contribution in [0.1, 0.15) is 26.7 Å². The Balaban J connectivity index is 0. The largest absolute Gasteiger partial charge is 0.368 e. The first-order valence-corrected chi connectivity index (χ1v) is 3.12. The highest BCUT2D eigenvalue weighted by atomic mass is 16.5. The Labute approximate surface area is 56.8 Å². The van der Waals surface area contributed by atoms with E-state index in [9.17, 15) is 0 Å². The van der Waals surface area contributed by atoms with Crippen molar-refractivity contribution < 1.29 is 10.2 Å². The molecule has 0 spiro atoms. The summed E-state index contributed by atoms with van der Waals surface area (Å²) in [6, 6.07) is 0. The number of rotatable bonds is 2. The zero-order chi connectivity index (χ0) is 7.70. The molecule has 0 amide bonds. The van der Waals surface area contributed by atoms with Crippen molar-refractivity contribution in [1.29, 1.82) is 0 Å². The summed E-state index contributed by atoms with van der Waals surface area (Å²) in [6.07, 6.45) is 1.97. The summed E-state index contributed by atoms with van der Waals surface area (Å²) >= 11 is 0. The van der Waals surface area contributed by atoms with Gasteiger partial charge >= 0.3 is 0 Å². The van der Waals surface area contributed by atoms with Gasteiger partial charge in [0.1, 0.15) is 0 Å². The first-order chi connectivity index (χ1) is 4.18. The second-order valence-electron chi connectivity index (χ2n) is 1.68. The highest BCUT2D eigenvalue weighted by Gasteiger charge is 1.89. The molecule has 0 aliphatic rings. The molecule has 56 valence electrons. The van der Waals surface area contributed by atoms with Crippen molar-refractivity contribution in [2.24, 2.45) is 0 Å². The van der Waals surface area contributed by atoms with Gasteiger partial charge in [0.25, 0.3) is 0 Å². The second kappa shape index (κ2) is 10.6. The lowest BCUT2D eigenvalue weighted by Gasteiger charge is -1.94. The minimum Gasteiger partial charge on any atom is -0.368 e. The van der Waals surface area contributed by atoms with E-state index in [1.54, 1.807) is 6.08 Å². The fourth-order valence-electron chi connectivity index (χ4n) is 0.258. The lowest BCUT2D eigenvalue weighted by Crippen LogP contribution is -2.01. The molecule has 0 aliphatic heterocycles. The molecule has 0 unspecified atom stereocenters. The molecule has 0 aromatic heterocycles. The summed E-state index contributed by atoms with van der Waals surface area (Å²) in [6.45, 7) is 7.15. The Morgan fingerprint density at radius 1 is 1.56 bits per heavy atom. The minimum absolute atomic E-state index is 0.486. The molecule has 0 saturated heterocycles. The first-order valence-electron chi connectivity index (χ1n) is 3.12. The molecule has 0 radical (unpaired) electrons. The lowest BCUT2D eigenvalue weighted by molar-refractivity contribution is -0.0453. The zero-order valence-electron chi connectivity index (χ0n) is 6.17. The highest BCUT2D eigenvalue weighted by Crippen LogP contribution is 1.88. The zero-order valence-corrected chi connectivity index (χ0v) is 6.17. The van der Waals surface area contributed by atoms with E-state index in [4.69, 9.17) is 10.2 Å². The predicted octanol–water partition coefficient (Wildman–Crippen LogP) is 1.29. The van der Waals surface area contributed by atoms with E-state index in [2.05, 4.69) is 6.58 Å². The maximum atomic E-state index is 8.11. The average molecular weight is 132 g/mol. The summed E-state index contributed by atoms with van der Waals surface area (Å²) < 4.78 is 0. The van der Waals surface area contributed by atoms with E-state index < -0.39 is 6.29 Å². The van der Waals surface area contributed by atoms with E-state index in [0.717, 1.165) is 6.42 Å². The van der Waals surface area contributed by atoms with Crippen molar-refractivity contribution in [3.05, 3.63) is 12.7 Å². The van der Waals surface area contributed by atoms with Gasteiger partial charge in [-0.1, -0.05) is 19.4 Å². The lowest BCUT2D eigenvalue weighted by atomic mass is 10.3. The Kier molecular flexibility index (Phi) is 13.5. The van der Waals surface area contributed by atoms with E-state index in [-0.39, 0.29) is 0 Å². The first kappa shape index (κ1) is 11.5. The normalized spacial score (nSPS) is 8.11.